The summed E-state index contributed by atoms with van der Waals surface area (Å²) in [4.78, 5) is 29.7. The van der Waals surface area contributed by atoms with Crippen LogP contribution in [0.25, 0.3) is 33.2 Å². The Bertz CT molecular complexity index is 1640. The summed E-state index contributed by atoms with van der Waals surface area (Å²) in [6, 6.07) is 14.0. The van der Waals surface area contributed by atoms with Crippen molar-refractivity contribution in [3.63, 3.8) is 0 Å². The third kappa shape index (κ3) is 3.79. The lowest BCUT2D eigenvalue weighted by molar-refractivity contribution is 0.594. The molecule has 5 aromatic rings. The van der Waals surface area contributed by atoms with Gasteiger partial charge in [0.2, 0.25) is 0 Å². The second-order valence-electron chi connectivity index (χ2n) is 7.93. The number of fused-ring (bicyclic) bond motifs is 2. The maximum Gasteiger partial charge on any atom is 0.332 e. The van der Waals surface area contributed by atoms with Crippen LogP contribution in [-0.2, 0) is 20.6 Å². The molecule has 0 radical (unpaired) electrons. The largest absolute Gasteiger partial charge is 0.332 e. The topological polar surface area (TPSA) is 87.6 Å². The maximum atomic E-state index is 13.3. The Kier molecular flexibility index (Phi) is 5.74. The fraction of sp³-hybridized carbons (Fsp3) is 0.208. The molecule has 0 spiro atoms. The number of hydrogen-bond donors (Lipinski definition) is 0. The van der Waals surface area contributed by atoms with Crippen LogP contribution in [0, 0.1) is 5.82 Å². The number of rotatable bonds is 6. The fourth-order valence-corrected chi connectivity index (χ4v) is 4.89. The second-order valence-corrected chi connectivity index (χ2v) is 9.02. The van der Waals surface area contributed by atoms with Crippen molar-refractivity contribution >= 4 is 33.7 Å². The van der Waals surface area contributed by atoms with Crippen LogP contribution >= 0.6 is 11.8 Å². The lowest BCUT2D eigenvalue weighted by Crippen LogP contribution is -2.39. The lowest BCUT2D eigenvalue weighted by atomic mass is 10.1. The molecule has 0 N–H and O–H groups in total. The van der Waals surface area contributed by atoms with E-state index in [1.165, 1.54) is 39.4 Å². The minimum atomic E-state index is -0.380. The highest BCUT2D eigenvalue weighted by molar-refractivity contribution is 7.99. The molecule has 0 saturated carbocycles. The van der Waals surface area contributed by atoms with Crippen molar-refractivity contribution in [3.05, 3.63) is 81.5 Å². The van der Waals surface area contributed by atoms with Crippen molar-refractivity contribution in [2.45, 2.75) is 18.0 Å². The highest BCUT2D eigenvalue weighted by Crippen LogP contribution is 2.32. The molecule has 0 fully saturated rings. The standard InChI is InChI=1S/C24H21FN6O2S/c1-29-14-26-21-20(29)23(32)31(24(33)30(21)2)12-5-13-34-22-18-7-4-3-6-17(18)19(27-28-22)15-8-10-16(25)11-9-15/h3-4,6-11,14H,5,12-13H2,1-2H3. The van der Waals surface area contributed by atoms with Crippen molar-refractivity contribution in [2.24, 2.45) is 14.1 Å². The molecular weight excluding hydrogens is 455 g/mol. The molecule has 0 aliphatic rings. The Balaban J connectivity index is 1.37. The molecule has 8 nitrogen and oxygen atoms in total. The summed E-state index contributed by atoms with van der Waals surface area (Å²) in [5, 5.41) is 11.5. The molecule has 0 saturated heterocycles. The van der Waals surface area contributed by atoms with Crippen LogP contribution in [0.15, 0.2) is 69.5 Å². The monoisotopic (exact) mass is 476 g/mol. The lowest BCUT2D eigenvalue weighted by Gasteiger charge is -2.10. The van der Waals surface area contributed by atoms with E-state index >= 15 is 0 Å². The van der Waals surface area contributed by atoms with Gasteiger partial charge < -0.3 is 4.57 Å². The van der Waals surface area contributed by atoms with Crippen LogP contribution in [0.4, 0.5) is 4.39 Å². The van der Waals surface area contributed by atoms with Gasteiger partial charge in [0.1, 0.15) is 16.5 Å². The number of benzene rings is 2. The van der Waals surface area contributed by atoms with Gasteiger partial charge in [0.15, 0.2) is 11.2 Å². The van der Waals surface area contributed by atoms with Crippen LogP contribution < -0.4 is 11.2 Å². The molecule has 0 atom stereocenters. The van der Waals surface area contributed by atoms with Crippen LogP contribution in [0.1, 0.15) is 6.42 Å². The predicted octanol–water partition coefficient (Wildman–Crippen LogP) is 3.37. The molecule has 3 aromatic heterocycles. The molecule has 0 aliphatic heterocycles. The van der Waals surface area contributed by atoms with E-state index in [4.69, 9.17) is 0 Å². The van der Waals surface area contributed by atoms with E-state index in [1.54, 1.807) is 30.8 Å². The highest BCUT2D eigenvalue weighted by atomic mass is 32.2. The van der Waals surface area contributed by atoms with Gasteiger partial charge in [0.05, 0.1) is 6.33 Å². The first-order valence-corrected chi connectivity index (χ1v) is 11.7. The summed E-state index contributed by atoms with van der Waals surface area (Å²) in [5.41, 5.74) is 1.56. The summed E-state index contributed by atoms with van der Waals surface area (Å²) in [5.74, 6) is 0.345. The zero-order valence-electron chi connectivity index (χ0n) is 18.6. The van der Waals surface area contributed by atoms with Gasteiger partial charge >= 0.3 is 5.69 Å². The van der Waals surface area contributed by atoms with Gasteiger partial charge in [-0.05, 0) is 30.7 Å². The molecular formula is C24H21FN6O2S. The Morgan fingerprint density at radius 3 is 2.47 bits per heavy atom. The van der Waals surface area contributed by atoms with Crippen molar-refractivity contribution in [3.8, 4) is 11.3 Å². The average Bonchev–Trinajstić information content (AvgIpc) is 3.24. The van der Waals surface area contributed by atoms with E-state index in [9.17, 15) is 14.0 Å². The first-order valence-electron chi connectivity index (χ1n) is 10.7. The molecule has 0 aliphatic carbocycles. The summed E-state index contributed by atoms with van der Waals surface area (Å²) >= 11 is 1.52. The first-order chi connectivity index (χ1) is 16.5. The van der Waals surface area contributed by atoms with Crippen molar-refractivity contribution in [1.82, 2.24) is 28.9 Å². The molecule has 2 aromatic carbocycles. The summed E-state index contributed by atoms with van der Waals surface area (Å²) in [7, 11) is 3.35. The minimum Gasteiger partial charge on any atom is -0.328 e. The SMILES string of the molecule is Cn1cnc2c1c(=O)n(CCCSc1nnc(-c3ccc(F)cc3)c3ccccc13)c(=O)n2C. The Labute approximate surface area is 197 Å². The second kappa shape index (κ2) is 8.86. The van der Waals surface area contributed by atoms with Crippen LogP contribution in [0.5, 0.6) is 0 Å². The average molecular weight is 477 g/mol. The zero-order valence-corrected chi connectivity index (χ0v) is 19.4. The van der Waals surface area contributed by atoms with Gasteiger partial charge in [-0.1, -0.05) is 24.3 Å². The van der Waals surface area contributed by atoms with Gasteiger partial charge in [-0.3, -0.25) is 13.9 Å². The molecule has 172 valence electrons. The van der Waals surface area contributed by atoms with E-state index in [0.29, 0.717) is 35.6 Å². The predicted molar refractivity (Wildman–Crippen MR) is 130 cm³/mol. The minimum absolute atomic E-state index is 0.290. The van der Waals surface area contributed by atoms with Gasteiger partial charge in [-0.25, -0.2) is 14.2 Å². The highest BCUT2D eigenvalue weighted by Gasteiger charge is 2.15. The molecule has 0 bridgehead atoms. The number of thioether (sulfide) groups is 1. The van der Waals surface area contributed by atoms with Crippen LogP contribution in [0.2, 0.25) is 0 Å². The molecule has 0 amide bonds. The van der Waals surface area contributed by atoms with E-state index in [1.807, 2.05) is 24.3 Å². The fourth-order valence-electron chi connectivity index (χ4n) is 3.99. The maximum absolute atomic E-state index is 13.3. The Morgan fingerprint density at radius 1 is 0.971 bits per heavy atom. The van der Waals surface area contributed by atoms with E-state index in [-0.39, 0.29) is 17.1 Å². The Hall–Kier alpha value is -3.79. The van der Waals surface area contributed by atoms with Gasteiger partial charge in [-0.15, -0.1) is 22.0 Å². The van der Waals surface area contributed by atoms with Gasteiger partial charge in [0.25, 0.3) is 5.56 Å². The van der Waals surface area contributed by atoms with E-state index in [0.717, 1.165) is 21.4 Å². The number of hydrogen-bond acceptors (Lipinski definition) is 6. The van der Waals surface area contributed by atoms with Gasteiger partial charge in [-0.2, -0.15) is 0 Å². The van der Waals surface area contributed by atoms with Crippen molar-refractivity contribution in [2.75, 3.05) is 5.75 Å². The van der Waals surface area contributed by atoms with Gasteiger partial charge in [0, 0.05) is 42.7 Å². The normalized spacial score (nSPS) is 11.5. The third-order valence-electron chi connectivity index (χ3n) is 5.74. The number of imidazole rings is 1. The number of aryl methyl sites for hydroxylation is 2. The number of aromatic nitrogens is 6. The first kappa shape index (κ1) is 22.0. The van der Waals surface area contributed by atoms with Crippen LogP contribution in [0.3, 0.4) is 0 Å². The molecule has 0 unspecified atom stereocenters. The zero-order chi connectivity index (χ0) is 23.8. The summed E-state index contributed by atoms with van der Waals surface area (Å²) < 4.78 is 17.6. The third-order valence-corrected chi connectivity index (χ3v) is 6.80. The quantitative estimate of drug-likeness (QED) is 0.276. The number of halogens is 1. The summed E-state index contributed by atoms with van der Waals surface area (Å²) in [6.45, 7) is 0.290. The smallest absolute Gasteiger partial charge is 0.328 e. The van der Waals surface area contributed by atoms with Crippen molar-refractivity contribution in [1.29, 1.82) is 0 Å². The van der Waals surface area contributed by atoms with E-state index < -0.39 is 0 Å². The molecule has 5 rings (SSSR count). The summed E-state index contributed by atoms with van der Waals surface area (Å²) in [6.07, 6.45) is 2.13. The molecule has 34 heavy (non-hydrogen) atoms. The van der Waals surface area contributed by atoms with Crippen LogP contribution in [-0.4, -0.2) is 34.6 Å². The Morgan fingerprint density at radius 2 is 1.71 bits per heavy atom. The number of nitrogens with zero attached hydrogens (tertiary/aromatic N) is 6. The molecule has 10 heteroatoms. The van der Waals surface area contributed by atoms with E-state index in [2.05, 4.69) is 15.2 Å². The van der Waals surface area contributed by atoms with Crippen molar-refractivity contribution < 1.29 is 4.39 Å². The molecule has 3 heterocycles.